The van der Waals surface area contributed by atoms with Crippen LogP contribution in [-0.4, -0.2) is 0 Å². The van der Waals surface area contributed by atoms with Crippen LogP contribution in [0.25, 0.3) is 12.2 Å². The van der Waals surface area contributed by atoms with Crippen molar-refractivity contribution in [1.82, 2.24) is 0 Å². The SMILES string of the molecule is CC1=Cc2ccccc2C1CC1=Cc2ccccc2C1. The van der Waals surface area contributed by atoms with Gasteiger partial charge in [-0.1, -0.05) is 71.8 Å². The van der Waals surface area contributed by atoms with Gasteiger partial charge in [0.05, 0.1) is 0 Å². The van der Waals surface area contributed by atoms with Gasteiger partial charge in [-0.3, -0.25) is 0 Å². The topological polar surface area (TPSA) is 0 Å². The van der Waals surface area contributed by atoms with E-state index >= 15 is 0 Å². The molecule has 0 spiro atoms. The van der Waals surface area contributed by atoms with Crippen molar-refractivity contribution in [3.63, 3.8) is 0 Å². The van der Waals surface area contributed by atoms with Gasteiger partial charge in [0, 0.05) is 5.92 Å². The fraction of sp³-hybridized carbons (Fsp3) is 0.200. The maximum atomic E-state index is 2.39. The lowest BCUT2D eigenvalue weighted by molar-refractivity contribution is 0.785. The molecule has 0 heteroatoms. The van der Waals surface area contributed by atoms with E-state index in [9.17, 15) is 0 Å². The van der Waals surface area contributed by atoms with Crippen molar-refractivity contribution in [3.05, 3.63) is 81.9 Å². The summed E-state index contributed by atoms with van der Waals surface area (Å²) in [6, 6.07) is 17.6. The van der Waals surface area contributed by atoms with Crippen LogP contribution in [0.2, 0.25) is 0 Å². The average Bonchev–Trinajstić information content (AvgIpc) is 3.00. The molecule has 0 fully saturated rings. The Hall–Kier alpha value is -2.08. The Bertz CT molecular complexity index is 731. The molecule has 1 unspecified atom stereocenters. The molecule has 20 heavy (non-hydrogen) atoms. The van der Waals surface area contributed by atoms with Gasteiger partial charge in [0.15, 0.2) is 0 Å². The van der Waals surface area contributed by atoms with Gasteiger partial charge >= 0.3 is 0 Å². The number of hydrogen-bond donors (Lipinski definition) is 0. The zero-order valence-corrected chi connectivity index (χ0v) is 11.8. The third-order valence-electron chi connectivity index (χ3n) is 4.60. The lowest BCUT2D eigenvalue weighted by Crippen LogP contribution is -1.99. The highest BCUT2D eigenvalue weighted by atomic mass is 14.3. The molecule has 0 saturated heterocycles. The Labute approximate surface area is 120 Å². The van der Waals surface area contributed by atoms with E-state index in [1.807, 2.05) is 0 Å². The first-order valence-electron chi connectivity index (χ1n) is 7.36. The van der Waals surface area contributed by atoms with E-state index in [0.29, 0.717) is 5.92 Å². The quantitative estimate of drug-likeness (QED) is 0.693. The Morgan fingerprint density at radius 1 is 0.900 bits per heavy atom. The molecule has 2 aliphatic carbocycles. The highest BCUT2D eigenvalue weighted by Gasteiger charge is 2.24. The van der Waals surface area contributed by atoms with Crippen molar-refractivity contribution in [2.75, 3.05) is 0 Å². The largest absolute Gasteiger partial charge is 0.0649 e. The van der Waals surface area contributed by atoms with Crippen LogP contribution in [0.4, 0.5) is 0 Å². The number of rotatable bonds is 2. The molecule has 98 valence electrons. The molecule has 4 rings (SSSR count). The van der Waals surface area contributed by atoms with Crippen LogP contribution in [-0.2, 0) is 6.42 Å². The summed E-state index contributed by atoms with van der Waals surface area (Å²) in [4.78, 5) is 0. The van der Waals surface area contributed by atoms with E-state index in [1.54, 1.807) is 5.57 Å². The van der Waals surface area contributed by atoms with Crippen LogP contribution in [0.5, 0.6) is 0 Å². The third kappa shape index (κ3) is 1.84. The van der Waals surface area contributed by atoms with Crippen LogP contribution >= 0.6 is 0 Å². The second-order valence-corrected chi connectivity index (χ2v) is 5.95. The van der Waals surface area contributed by atoms with Gasteiger partial charge < -0.3 is 0 Å². The van der Waals surface area contributed by atoms with Crippen LogP contribution < -0.4 is 0 Å². The lowest BCUT2D eigenvalue weighted by atomic mass is 9.89. The minimum Gasteiger partial charge on any atom is -0.0649 e. The third-order valence-corrected chi connectivity index (χ3v) is 4.60. The minimum absolute atomic E-state index is 0.576. The number of allylic oxidation sites excluding steroid dienone is 2. The highest BCUT2D eigenvalue weighted by Crippen LogP contribution is 2.41. The smallest absolute Gasteiger partial charge is 0.00920 e. The Morgan fingerprint density at radius 3 is 2.50 bits per heavy atom. The van der Waals surface area contributed by atoms with Gasteiger partial charge in [-0.2, -0.15) is 0 Å². The van der Waals surface area contributed by atoms with Crippen molar-refractivity contribution < 1.29 is 0 Å². The maximum absolute atomic E-state index is 2.39. The Morgan fingerprint density at radius 2 is 1.65 bits per heavy atom. The molecule has 0 aliphatic heterocycles. The van der Waals surface area contributed by atoms with Crippen molar-refractivity contribution in [3.8, 4) is 0 Å². The lowest BCUT2D eigenvalue weighted by Gasteiger charge is -2.15. The summed E-state index contributed by atoms with van der Waals surface area (Å²) in [6.07, 6.45) is 7.03. The normalized spacial score (nSPS) is 19.4. The second kappa shape index (κ2) is 4.49. The zero-order chi connectivity index (χ0) is 13.5. The predicted molar refractivity (Wildman–Crippen MR) is 85.6 cm³/mol. The Balaban J connectivity index is 1.62. The van der Waals surface area contributed by atoms with Gasteiger partial charge in [-0.15, -0.1) is 0 Å². The first kappa shape index (κ1) is 11.7. The predicted octanol–water partition coefficient (Wildman–Crippen LogP) is 5.22. The maximum Gasteiger partial charge on any atom is 0.00920 e. The van der Waals surface area contributed by atoms with E-state index in [0.717, 1.165) is 12.8 Å². The van der Waals surface area contributed by atoms with Crippen molar-refractivity contribution >= 4 is 12.2 Å². The molecular weight excluding hydrogens is 240 g/mol. The molecule has 1 atom stereocenters. The summed E-state index contributed by atoms with van der Waals surface area (Å²) >= 11 is 0. The first-order chi connectivity index (χ1) is 9.81. The van der Waals surface area contributed by atoms with Gasteiger partial charge in [-0.25, -0.2) is 0 Å². The molecule has 0 N–H and O–H groups in total. The average molecular weight is 258 g/mol. The summed E-state index contributed by atoms with van der Waals surface area (Å²) in [5.74, 6) is 0.576. The number of benzene rings is 2. The summed E-state index contributed by atoms with van der Waals surface area (Å²) in [7, 11) is 0. The molecule has 0 bridgehead atoms. The summed E-state index contributed by atoms with van der Waals surface area (Å²) < 4.78 is 0. The van der Waals surface area contributed by atoms with Gasteiger partial charge in [0.25, 0.3) is 0 Å². The van der Waals surface area contributed by atoms with Crippen LogP contribution in [0.15, 0.2) is 59.7 Å². The molecule has 0 nitrogen and oxygen atoms in total. The first-order valence-corrected chi connectivity index (χ1v) is 7.36. The van der Waals surface area contributed by atoms with Crippen LogP contribution in [0.1, 0.15) is 41.5 Å². The molecule has 2 aromatic rings. The molecule has 0 aromatic heterocycles. The van der Waals surface area contributed by atoms with Crippen molar-refractivity contribution in [1.29, 1.82) is 0 Å². The summed E-state index contributed by atoms with van der Waals surface area (Å²) in [5.41, 5.74) is 8.88. The minimum atomic E-state index is 0.576. The van der Waals surface area contributed by atoms with Crippen LogP contribution in [0, 0.1) is 0 Å². The standard InChI is InChI=1S/C20H18/c1-14-10-18-8-4-5-9-19(18)20(14)13-15-11-16-6-2-3-7-17(16)12-15/h2-11,20H,12-13H2,1H3. The Kier molecular flexibility index (Phi) is 2.63. The van der Waals surface area contributed by atoms with E-state index in [1.165, 1.54) is 27.8 Å². The number of hydrogen-bond acceptors (Lipinski definition) is 0. The highest BCUT2D eigenvalue weighted by molar-refractivity contribution is 5.68. The van der Waals surface area contributed by atoms with Gasteiger partial charge in [0.2, 0.25) is 0 Å². The summed E-state index contributed by atoms with van der Waals surface area (Å²) in [6.45, 7) is 2.27. The second-order valence-electron chi connectivity index (χ2n) is 5.95. The van der Waals surface area contributed by atoms with E-state index in [4.69, 9.17) is 0 Å². The van der Waals surface area contributed by atoms with Crippen LogP contribution in [0.3, 0.4) is 0 Å². The van der Waals surface area contributed by atoms with E-state index in [-0.39, 0.29) is 0 Å². The van der Waals surface area contributed by atoms with Gasteiger partial charge in [0.1, 0.15) is 0 Å². The molecule has 2 aromatic carbocycles. The molecular formula is C20H18. The summed E-state index contributed by atoms with van der Waals surface area (Å²) in [5, 5.41) is 0. The fourth-order valence-electron chi connectivity index (χ4n) is 3.57. The van der Waals surface area contributed by atoms with E-state index < -0.39 is 0 Å². The fourth-order valence-corrected chi connectivity index (χ4v) is 3.57. The van der Waals surface area contributed by atoms with Crippen molar-refractivity contribution in [2.45, 2.75) is 25.7 Å². The van der Waals surface area contributed by atoms with Gasteiger partial charge in [-0.05, 0) is 42.0 Å². The zero-order valence-electron chi connectivity index (χ0n) is 11.8. The molecule has 0 heterocycles. The monoisotopic (exact) mass is 258 g/mol. The molecule has 0 amide bonds. The molecule has 0 saturated carbocycles. The molecule has 2 aliphatic rings. The molecule has 0 radical (unpaired) electrons. The van der Waals surface area contributed by atoms with E-state index in [2.05, 4.69) is 67.6 Å². The van der Waals surface area contributed by atoms with Crippen molar-refractivity contribution in [2.24, 2.45) is 0 Å². The number of fused-ring (bicyclic) bond motifs is 2.